The second-order valence-corrected chi connectivity index (χ2v) is 3.53. The molecule has 0 aliphatic rings. The van der Waals surface area contributed by atoms with E-state index in [-0.39, 0.29) is 29.1 Å². The van der Waals surface area contributed by atoms with Crippen molar-refractivity contribution in [1.82, 2.24) is 15.2 Å². The van der Waals surface area contributed by atoms with Gasteiger partial charge < -0.3 is 10.2 Å². The van der Waals surface area contributed by atoms with E-state index in [2.05, 4.69) is 10.3 Å². The van der Waals surface area contributed by atoms with E-state index in [1.165, 1.54) is 25.2 Å². The standard InChI is InChI=1S/C10H12ClN3O2/c1-12-8(15)6-14(2)10(16)7-4-3-5-13-9(7)11/h3-5H,6H2,1-2H3,(H,12,15). The Hall–Kier alpha value is -1.62. The molecule has 1 rings (SSSR count). The second-order valence-electron chi connectivity index (χ2n) is 3.18. The van der Waals surface area contributed by atoms with Gasteiger partial charge in [0, 0.05) is 20.3 Å². The molecular formula is C10H12ClN3O2. The van der Waals surface area contributed by atoms with E-state index in [1.54, 1.807) is 12.1 Å². The lowest BCUT2D eigenvalue weighted by atomic mass is 10.2. The van der Waals surface area contributed by atoms with Gasteiger partial charge in [0.25, 0.3) is 5.91 Å². The molecule has 1 heterocycles. The van der Waals surface area contributed by atoms with Gasteiger partial charge in [0.2, 0.25) is 5.91 Å². The fourth-order valence-electron chi connectivity index (χ4n) is 1.12. The highest BCUT2D eigenvalue weighted by atomic mass is 35.5. The van der Waals surface area contributed by atoms with E-state index in [0.29, 0.717) is 0 Å². The molecular weight excluding hydrogens is 230 g/mol. The quantitative estimate of drug-likeness (QED) is 0.787. The number of halogens is 1. The maximum atomic E-state index is 11.8. The zero-order valence-electron chi connectivity index (χ0n) is 9.03. The molecule has 0 saturated heterocycles. The Labute approximate surface area is 98.4 Å². The van der Waals surface area contributed by atoms with Crippen molar-refractivity contribution >= 4 is 23.4 Å². The number of likely N-dealkylation sites (N-methyl/N-ethyl adjacent to an activating group) is 2. The highest BCUT2D eigenvalue weighted by molar-refractivity contribution is 6.32. The average molecular weight is 242 g/mol. The molecule has 16 heavy (non-hydrogen) atoms. The van der Waals surface area contributed by atoms with Crippen LogP contribution in [0.1, 0.15) is 10.4 Å². The summed E-state index contributed by atoms with van der Waals surface area (Å²) in [5.41, 5.74) is 0.288. The molecule has 0 radical (unpaired) electrons. The van der Waals surface area contributed by atoms with Crippen LogP contribution in [0.5, 0.6) is 0 Å². The summed E-state index contributed by atoms with van der Waals surface area (Å²) in [6.07, 6.45) is 1.50. The topological polar surface area (TPSA) is 62.3 Å². The van der Waals surface area contributed by atoms with Crippen LogP contribution in [0.15, 0.2) is 18.3 Å². The SMILES string of the molecule is CNC(=O)CN(C)C(=O)c1cccnc1Cl. The van der Waals surface area contributed by atoms with Crippen molar-refractivity contribution in [1.29, 1.82) is 0 Å². The maximum absolute atomic E-state index is 11.8. The Morgan fingerprint density at radius 3 is 2.81 bits per heavy atom. The normalized spacial score (nSPS) is 9.69. The summed E-state index contributed by atoms with van der Waals surface area (Å²) in [4.78, 5) is 28.0. The van der Waals surface area contributed by atoms with Crippen LogP contribution in [0, 0.1) is 0 Å². The average Bonchev–Trinajstić information content (AvgIpc) is 2.28. The number of pyridine rings is 1. The predicted octanol–water partition coefficient (Wildman–Crippen LogP) is 0.553. The van der Waals surface area contributed by atoms with Gasteiger partial charge in [-0.2, -0.15) is 0 Å². The lowest BCUT2D eigenvalue weighted by Crippen LogP contribution is -2.37. The molecule has 0 aliphatic carbocycles. The van der Waals surface area contributed by atoms with E-state index in [4.69, 9.17) is 11.6 Å². The van der Waals surface area contributed by atoms with Crippen LogP contribution in [0.2, 0.25) is 5.15 Å². The van der Waals surface area contributed by atoms with Gasteiger partial charge in [-0.1, -0.05) is 11.6 Å². The summed E-state index contributed by atoms with van der Waals surface area (Å²) >= 11 is 5.77. The molecule has 0 unspecified atom stereocenters. The van der Waals surface area contributed by atoms with Crippen LogP contribution in [0.3, 0.4) is 0 Å². The lowest BCUT2D eigenvalue weighted by molar-refractivity contribution is -0.121. The highest BCUT2D eigenvalue weighted by Gasteiger charge is 2.17. The molecule has 0 aromatic carbocycles. The maximum Gasteiger partial charge on any atom is 0.257 e. The summed E-state index contributed by atoms with van der Waals surface area (Å²) in [5, 5.41) is 2.57. The largest absolute Gasteiger partial charge is 0.358 e. The molecule has 1 N–H and O–H groups in total. The Morgan fingerprint density at radius 2 is 2.25 bits per heavy atom. The number of aromatic nitrogens is 1. The number of hydrogen-bond acceptors (Lipinski definition) is 3. The van der Waals surface area contributed by atoms with Gasteiger partial charge in [-0.25, -0.2) is 4.98 Å². The van der Waals surface area contributed by atoms with Gasteiger partial charge in [-0.3, -0.25) is 9.59 Å². The van der Waals surface area contributed by atoms with E-state index >= 15 is 0 Å². The van der Waals surface area contributed by atoms with Gasteiger partial charge in [0.15, 0.2) is 0 Å². The third-order valence-electron chi connectivity index (χ3n) is 2.00. The van der Waals surface area contributed by atoms with E-state index in [0.717, 1.165) is 0 Å². The first-order valence-electron chi connectivity index (χ1n) is 4.62. The van der Waals surface area contributed by atoms with Crippen LogP contribution in [0.25, 0.3) is 0 Å². The van der Waals surface area contributed by atoms with Crippen molar-refractivity contribution in [3.05, 3.63) is 29.0 Å². The number of hydrogen-bond donors (Lipinski definition) is 1. The van der Waals surface area contributed by atoms with E-state index in [9.17, 15) is 9.59 Å². The zero-order valence-corrected chi connectivity index (χ0v) is 9.78. The van der Waals surface area contributed by atoms with Crippen molar-refractivity contribution in [2.45, 2.75) is 0 Å². The third-order valence-corrected chi connectivity index (χ3v) is 2.30. The van der Waals surface area contributed by atoms with Crippen LogP contribution < -0.4 is 5.32 Å². The molecule has 5 nitrogen and oxygen atoms in total. The Morgan fingerprint density at radius 1 is 1.56 bits per heavy atom. The Kier molecular flexibility index (Phi) is 4.25. The minimum Gasteiger partial charge on any atom is -0.358 e. The van der Waals surface area contributed by atoms with Crippen molar-refractivity contribution in [3.63, 3.8) is 0 Å². The van der Waals surface area contributed by atoms with Gasteiger partial charge in [0.05, 0.1) is 12.1 Å². The van der Waals surface area contributed by atoms with Crippen molar-refractivity contribution in [2.75, 3.05) is 20.6 Å². The van der Waals surface area contributed by atoms with Gasteiger partial charge in [-0.05, 0) is 12.1 Å². The molecule has 0 bridgehead atoms. The summed E-state index contributed by atoms with van der Waals surface area (Å²) in [6, 6.07) is 3.19. The molecule has 6 heteroatoms. The number of nitrogens with zero attached hydrogens (tertiary/aromatic N) is 2. The predicted molar refractivity (Wildman–Crippen MR) is 60.3 cm³/mol. The molecule has 0 fully saturated rings. The van der Waals surface area contributed by atoms with Gasteiger partial charge in [0.1, 0.15) is 5.15 Å². The van der Waals surface area contributed by atoms with E-state index < -0.39 is 0 Å². The highest BCUT2D eigenvalue weighted by Crippen LogP contribution is 2.13. The number of carbonyl (C=O) groups is 2. The molecule has 2 amide bonds. The molecule has 86 valence electrons. The summed E-state index contributed by atoms with van der Waals surface area (Å²) in [6.45, 7) is -0.0133. The second kappa shape index (κ2) is 5.46. The summed E-state index contributed by atoms with van der Waals surface area (Å²) in [7, 11) is 3.04. The molecule has 0 aliphatic heterocycles. The van der Waals surface area contributed by atoms with Crippen LogP contribution in [-0.2, 0) is 4.79 Å². The van der Waals surface area contributed by atoms with E-state index in [1.807, 2.05) is 0 Å². The zero-order chi connectivity index (χ0) is 12.1. The number of nitrogens with one attached hydrogen (secondary N) is 1. The molecule has 1 aromatic rings. The minimum absolute atomic E-state index is 0.0133. The van der Waals surface area contributed by atoms with Crippen molar-refractivity contribution < 1.29 is 9.59 Å². The fourth-order valence-corrected chi connectivity index (χ4v) is 1.32. The molecule has 1 aromatic heterocycles. The third kappa shape index (κ3) is 2.93. The van der Waals surface area contributed by atoms with Gasteiger partial charge >= 0.3 is 0 Å². The summed E-state index contributed by atoms with van der Waals surface area (Å²) in [5.74, 6) is -0.572. The fraction of sp³-hybridized carbons (Fsp3) is 0.300. The lowest BCUT2D eigenvalue weighted by Gasteiger charge is -2.16. The van der Waals surface area contributed by atoms with Crippen LogP contribution in [-0.4, -0.2) is 42.3 Å². The molecule has 0 atom stereocenters. The number of rotatable bonds is 3. The Balaban J connectivity index is 2.79. The summed E-state index contributed by atoms with van der Waals surface area (Å²) < 4.78 is 0. The first-order chi connectivity index (χ1) is 7.56. The van der Waals surface area contributed by atoms with Gasteiger partial charge in [-0.15, -0.1) is 0 Å². The smallest absolute Gasteiger partial charge is 0.257 e. The molecule has 0 saturated carbocycles. The molecule has 0 spiro atoms. The van der Waals surface area contributed by atoms with Crippen molar-refractivity contribution in [3.8, 4) is 0 Å². The van der Waals surface area contributed by atoms with Crippen molar-refractivity contribution in [2.24, 2.45) is 0 Å². The Bertz CT molecular complexity index is 409. The van der Waals surface area contributed by atoms with Crippen LogP contribution >= 0.6 is 11.6 Å². The monoisotopic (exact) mass is 241 g/mol. The first-order valence-corrected chi connectivity index (χ1v) is 5.00. The number of amides is 2. The first kappa shape index (κ1) is 12.4. The number of carbonyl (C=O) groups excluding carboxylic acids is 2. The van der Waals surface area contributed by atoms with Crippen LogP contribution in [0.4, 0.5) is 0 Å². The minimum atomic E-state index is -0.332.